The van der Waals surface area contributed by atoms with Crippen molar-refractivity contribution in [3.63, 3.8) is 0 Å². The van der Waals surface area contributed by atoms with Crippen LogP contribution < -0.4 is 49.6 Å². The first-order valence-corrected chi connectivity index (χ1v) is 49.9. The quantitative estimate of drug-likeness (QED) is 0.0141. The van der Waals surface area contributed by atoms with E-state index in [1.54, 1.807) is 26.4 Å². The second-order valence-corrected chi connectivity index (χ2v) is 52.2. The molecule has 9 rings (SSSR count). The first-order chi connectivity index (χ1) is 46.2. The van der Waals surface area contributed by atoms with Crippen molar-refractivity contribution < 1.29 is 50.0 Å². The Morgan fingerprint density at radius 2 is 0.825 bits per heavy atom. The van der Waals surface area contributed by atoms with Gasteiger partial charge in [0.25, 0.3) is 0 Å². The minimum absolute atomic E-state index is 0.219. The van der Waals surface area contributed by atoms with Crippen LogP contribution in [0.2, 0.25) is 76.6 Å². The van der Waals surface area contributed by atoms with E-state index in [1.807, 2.05) is 80.8 Å². The SMILES string of the molecule is COc1cc(CCC[Si](C)(C)O[Si](C)(CC[Si](c2ccccc2)(c2ccccc2)c2ccccc2)O[Si](OC)(c2ccccc2)c2ccccc2)ccc1OC(C)=O.COc1ccc(C(C)(C)c2ccc(OC(=O)Oc3ccc(CCC[Si](C)(C)O[Si](C)(C)C)cc3C)cc2)cc1. The molecule has 1 unspecified atom stereocenters. The molecule has 0 aromatic heterocycles. The van der Waals surface area contributed by atoms with E-state index in [1.165, 1.54) is 33.6 Å². The third-order valence-corrected chi connectivity index (χ3v) is 41.7. The average Bonchev–Trinajstić information content (AvgIpc) is 0.754. The van der Waals surface area contributed by atoms with Gasteiger partial charge in [-0.25, -0.2) is 4.79 Å². The third kappa shape index (κ3) is 20.8. The van der Waals surface area contributed by atoms with Gasteiger partial charge in [-0.05, 0) is 205 Å². The van der Waals surface area contributed by atoms with Crippen molar-refractivity contribution in [1.82, 2.24) is 0 Å². The summed E-state index contributed by atoms with van der Waals surface area (Å²) in [6.45, 7) is 26.0. The Balaban J connectivity index is 0.000000268. The largest absolute Gasteiger partial charge is 0.519 e. The second kappa shape index (κ2) is 33.8. The van der Waals surface area contributed by atoms with Gasteiger partial charge >= 0.3 is 29.2 Å². The van der Waals surface area contributed by atoms with Crippen LogP contribution in [0.25, 0.3) is 0 Å². The maximum atomic E-state index is 12.5. The summed E-state index contributed by atoms with van der Waals surface area (Å²) in [6.07, 6.45) is 3.10. The lowest BCUT2D eigenvalue weighted by Gasteiger charge is -2.44. The monoisotopic (exact) mass is 1400 g/mol. The molecule has 0 aliphatic carbocycles. The van der Waals surface area contributed by atoms with Crippen LogP contribution in [-0.4, -0.2) is 83.6 Å². The second-order valence-electron chi connectivity index (χ2n) is 27.8. The van der Waals surface area contributed by atoms with E-state index in [0.29, 0.717) is 23.0 Å². The van der Waals surface area contributed by atoms with Crippen LogP contribution in [0.1, 0.15) is 61.4 Å². The van der Waals surface area contributed by atoms with Crippen LogP contribution in [0.5, 0.6) is 28.7 Å². The molecule has 0 bridgehead atoms. The first-order valence-electron chi connectivity index (χ1n) is 33.7. The van der Waals surface area contributed by atoms with Crippen molar-refractivity contribution in [2.45, 2.75) is 135 Å². The van der Waals surface area contributed by atoms with Gasteiger partial charge in [0, 0.05) is 19.4 Å². The number of esters is 1. The maximum absolute atomic E-state index is 12.5. The summed E-state index contributed by atoms with van der Waals surface area (Å²) in [5, 5.41) is 6.24. The minimum atomic E-state index is -3.28. The molecule has 0 saturated carbocycles. The lowest BCUT2D eigenvalue weighted by molar-refractivity contribution is -0.132. The highest BCUT2D eigenvalue weighted by Crippen LogP contribution is 2.36. The van der Waals surface area contributed by atoms with Crippen molar-refractivity contribution in [2.24, 2.45) is 0 Å². The number of ether oxygens (including phenoxy) is 5. The molecule has 1 atom stereocenters. The van der Waals surface area contributed by atoms with Crippen LogP contribution >= 0.6 is 0 Å². The molecule has 0 N–H and O–H groups in total. The molecular formula is C80H100O11Si6. The molecular weight excluding hydrogens is 1310 g/mol. The van der Waals surface area contributed by atoms with Gasteiger partial charge in [-0.15, -0.1) is 0 Å². The van der Waals surface area contributed by atoms with E-state index in [4.69, 9.17) is 40.5 Å². The molecule has 11 nitrogen and oxygen atoms in total. The third-order valence-electron chi connectivity index (χ3n) is 17.8. The Morgan fingerprint density at radius 1 is 0.402 bits per heavy atom. The van der Waals surface area contributed by atoms with Crippen LogP contribution in [0.4, 0.5) is 4.79 Å². The topological polar surface area (TPSA) is 117 Å². The normalized spacial score (nSPS) is 12.7. The molecule has 9 aromatic rings. The first kappa shape index (κ1) is 75.2. The predicted octanol–water partition coefficient (Wildman–Crippen LogP) is 16.8. The molecule has 0 heterocycles. The molecule has 0 fully saturated rings. The fraction of sp³-hybridized carbons (Fsp3) is 0.300. The fourth-order valence-electron chi connectivity index (χ4n) is 13.2. The van der Waals surface area contributed by atoms with Crippen LogP contribution in [-0.2, 0) is 39.8 Å². The fourth-order valence-corrected chi connectivity index (χ4v) is 42.0. The van der Waals surface area contributed by atoms with Crippen molar-refractivity contribution in [2.75, 3.05) is 21.3 Å². The van der Waals surface area contributed by atoms with Crippen molar-refractivity contribution in [3.8, 4) is 28.7 Å². The highest BCUT2D eigenvalue weighted by Gasteiger charge is 2.53. The zero-order chi connectivity index (χ0) is 69.9. The number of benzene rings is 9. The van der Waals surface area contributed by atoms with Crippen molar-refractivity contribution in [3.05, 3.63) is 264 Å². The Morgan fingerprint density at radius 3 is 1.24 bits per heavy atom. The summed E-state index contributed by atoms with van der Waals surface area (Å²) in [6, 6.07) is 85.5. The van der Waals surface area contributed by atoms with E-state index in [-0.39, 0.29) is 11.4 Å². The molecule has 0 spiro atoms. The average molecular weight is 1410 g/mol. The summed E-state index contributed by atoms with van der Waals surface area (Å²) in [4.78, 5) is 24.2. The number of hydrogen-bond acceptors (Lipinski definition) is 11. The summed E-state index contributed by atoms with van der Waals surface area (Å²) in [7, 11) is -9.48. The zero-order valence-corrected chi connectivity index (χ0v) is 65.7. The van der Waals surface area contributed by atoms with Gasteiger partial charge in [-0.1, -0.05) is 208 Å². The van der Waals surface area contributed by atoms with Crippen LogP contribution in [0.3, 0.4) is 0 Å². The maximum Gasteiger partial charge on any atom is 0.519 e. The summed E-state index contributed by atoms with van der Waals surface area (Å²) in [5.74, 6) is 2.39. The minimum Gasteiger partial charge on any atom is -0.497 e. The lowest BCUT2D eigenvalue weighted by atomic mass is 9.78. The number of carbonyl (C=O) groups excluding carboxylic acids is 2. The van der Waals surface area contributed by atoms with Gasteiger partial charge in [0.2, 0.25) is 0 Å². The molecule has 17 heteroatoms. The van der Waals surface area contributed by atoms with Gasteiger partial charge in [0.1, 0.15) is 25.3 Å². The van der Waals surface area contributed by atoms with Crippen molar-refractivity contribution >= 4 is 88.2 Å². The van der Waals surface area contributed by atoms with Gasteiger partial charge in [0.05, 0.1) is 14.2 Å². The number of carbonyl (C=O) groups is 2. The number of aryl methyl sites for hydroxylation is 3. The highest BCUT2D eigenvalue weighted by atomic mass is 28.5. The Bertz CT molecular complexity index is 3790. The Hall–Kier alpha value is -7.54. The van der Waals surface area contributed by atoms with Gasteiger partial charge in [-0.2, -0.15) is 0 Å². The van der Waals surface area contributed by atoms with Gasteiger partial charge in [-0.3, -0.25) is 4.79 Å². The number of rotatable bonds is 30. The Labute approximate surface area is 584 Å². The number of methoxy groups -OCH3 is 2. The molecule has 0 amide bonds. The smallest absolute Gasteiger partial charge is 0.497 e. The highest BCUT2D eigenvalue weighted by molar-refractivity contribution is 7.12. The molecule has 0 aliphatic rings. The lowest BCUT2D eigenvalue weighted by Crippen LogP contribution is -2.70. The van der Waals surface area contributed by atoms with E-state index < -0.39 is 56.3 Å². The van der Waals surface area contributed by atoms with E-state index in [9.17, 15) is 9.59 Å². The van der Waals surface area contributed by atoms with E-state index in [0.717, 1.165) is 82.7 Å². The predicted molar refractivity (Wildman–Crippen MR) is 412 cm³/mol. The molecule has 97 heavy (non-hydrogen) atoms. The molecule has 9 aromatic carbocycles. The number of hydrogen-bond donors (Lipinski definition) is 0. The summed E-state index contributed by atoms with van der Waals surface area (Å²) >= 11 is 0. The summed E-state index contributed by atoms with van der Waals surface area (Å²) < 4.78 is 56.0. The summed E-state index contributed by atoms with van der Waals surface area (Å²) in [5.41, 5.74) is 5.33. The standard InChI is InChI=1S/C48H56O6Si4.C32H44O5Si2/c1-40(49)52-47-35-34-41(39-48(47)50-2)23-22-36-55(4,5)53-56(6,54-58(51-3,45-30-18-10-19-31-45)46-32-20-11-21-33-46)37-38-57(42-24-12-7-13-25-42,43-26-14-8-15-27-43)44-28-16-9-17-29-44;1-24-23-25(11-10-22-39(8,9)37-38(5,6)7)12-21-30(24)36-31(33)35-29-19-15-27(16-20-29)32(2,3)26-13-17-28(34-4)18-14-26/h7-21,24-35,39H,22-23,36-38H2,1-6H3;12-21,23H,10-11,22H2,1-9H3. The Kier molecular flexibility index (Phi) is 26.2. The van der Waals surface area contributed by atoms with Crippen molar-refractivity contribution in [1.29, 1.82) is 0 Å². The zero-order valence-electron chi connectivity index (χ0n) is 59.7. The molecule has 0 saturated heterocycles. The van der Waals surface area contributed by atoms with Gasteiger partial charge < -0.3 is 40.5 Å². The molecule has 510 valence electrons. The van der Waals surface area contributed by atoms with Crippen LogP contribution in [0, 0.1) is 6.92 Å². The van der Waals surface area contributed by atoms with E-state index in [2.05, 4.69) is 224 Å². The molecule has 0 aliphatic heterocycles. The molecule has 0 radical (unpaired) electrons. The van der Waals surface area contributed by atoms with Gasteiger partial charge in [0.15, 0.2) is 36.5 Å². The van der Waals surface area contributed by atoms with E-state index >= 15 is 0 Å². The van der Waals surface area contributed by atoms with Crippen LogP contribution in [0.15, 0.2) is 237 Å².